The molecule has 5 rings (SSSR count). The first kappa shape index (κ1) is 31.2. The van der Waals surface area contributed by atoms with Gasteiger partial charge in [0.15, 0.2) is 5.82 Å². The zero-order chi connectivity index (χ0) is 31.8. The van der Waals surface area contributed by atoms with Crippen molar-refractivity contribution >= 4 is 45.8 Å². The van der Waals surface area contributed by atoms with E-state index in [4.69, 9.17) is 16.3 Å². The van der Waals surface area contributed by atoms with Gasteiger partial charge in [0.2, 0.25) is 5.91 Å². The van der Waals surface area contributed by atoms with Crippen molar-refractivity contribution in [2.24, 2.45) is 5.41 Å². The Morgan fingerprint density at radius 3 is 2.45 bits per heavy atom. The number of rotatable bonds is 7. The van der Waals surface area contributed by atoms with Crippen LogP contribution in [0.2, 0.25) is 5.02 Å². The Kier molecular flexibility index (Phi) is 8.55. The lowest BCUT2D eigenvalue weighted by atomic mass is 9.95. The molecular formula is C32H31ClF3N5O3. The number of carbonyl (C=O) groups excluding carboxylic acids is 2. The van der Waals surface area contributed by atoms with Gasteiger partial charge in [-0.3, -0.25) is 9.59 Å². The van der Waals surface area contributed by atoms with Crippen LogP contribution in [0.15, 0.2) is 60.7 Å². The van der Waals surface area contributed by atoms with E-state index in [0.717, 1.165) is 12.1 Å². The van der Waals surface area contributed by atoms with Gasteiger partial charge in [-0.15, -0.1) is 0 Å². The van der Waals surface area contributed by atoms with Gasteiger partial charge in [0.1, 0.15) is 5.82 Å². The number of benzene rings is 3. The van der Waals surface area contributed by atoms with E-state index in [2.05, 4.69) is 20.6 Å². The lowest BCUT2D eigenvalue weighted by molar-refractivity contribution is -0.137. The molecule has 12 heteroatoms. The van der Waals surface area contributed by atoms with E-state index in [0.29, 0.717) is 41.1 Å². The summed E-state index contributed by atoms with van der Waals surface area (Å²) in [7, 11) is 1.62. The molecule has 8 nitrogen and oxygen atoms in total. The topological polar surface area (TPSA) is 96.4 Å². The monoisotopic (exact) mass is 625 g/mol. The number of ether oxygens (including phenoxy) is 1. The van der Waals surface area contributed by atoms with Crippen molar-refractivity contribution in [2.45, 2.75) is 39.6 Å². The fourth-order valence-electron chi connectivity index (χ4n) is 4.66. The average molecular weight is 626 g/mol. The third-order valence-electron chi connectivity index (χ3n) is 7.27. The Hall–Kier alpha value is -4.22. The molecule has 44 heavy (non-hydrogen) atoms. The van der Waals surface area contributed by atoms with Gasteiger partial charge in [0.25, 0.3) is 5.91 Å². The SMILES string of the molecule is COC1CN(c2nc(-c3cccc(C(F)(F)F)c3)nc3cc(NC(=O)c4cc(CNC(=O)C(C)(C)C)ccc4Cl)ccc23)C1. The number of hydrogen-bond donors (Lipinski definition) is 2. The fourth-order valence-corrected chi connectivity index (χ4v) is 4.86. The van der Waals surface area contributed by atoms with Gasteiger partial charge in [-0.05, 0) is 48.0 Å². The molecule has 0 bridgehead atoms. The second kappa shape index (κ2) is 12.0. The van der Waals surface area contributed by atoms with Crippen LogP contribution in [0, 0.1) is 5.41 Å². The highest BCUT2D eigenvalue weighted by molar-refractivity contribution is 6.34. The van der Waals surface area contributed by atoms with Gasteiger partial charge in [-0.1, -0.05) is 50.6 Å². The molecular weight excluding hydrogens is 595 g/mol. The molecule has 3 aromatic carbocycles. The molecule has 1 aromatic heterocycles. The van der Waals surface area contributed by atoms with Crippen LogP contribution < -0.4 is 15.5 Å². The third-order valence-corrected chi connectivity index (χ3v) is 7.60. The highest BCUT2D eigenvalue weighted by Gasteiger charge is 2.32. The van der Waals surface area contributed by atoms with Gasteiger partial charge in [-0.25, -0.2) is 9.97 Å². The number of nitrogens with zero attached hydrogens (tertiary/aromatic N) is 3. The Balaban J connectivity index is 1.46. The van der Waals surface area contributed by atoms with Crippen molar-refractivity contribution in [3.8, 4) is 11.4 Å². The number of halogens is 4. The maximum Gasteiger partial charge on any atom is 0.416 e. The number of amides is 2. The predicted octanol–water partition coefficient (Wildman–Crippen LogP) is 6.72. The molecule has 2 amide bonds. The number of fused-ring (bicyclic) bond motifs is 1. The molecule has 1 fully saturated rings. The van der Waals surface area contributed by atoms with Crippen LogP contribution in [-0.2, 0) is 22.3 Å². The van der Waals surface area contributed by atoms with Gasteiger partial charge in [-0.2, -0.15) is 13.2 Å². The Bertz CT molecular complexity index is 1730. The Morgan fingerprint density at radius 1 is 1.02 bits per heavy atom. The van der Waals surface area contributed by atoms with Crippen LogP contribution in [0.3, 0.4) is 0 Å². The van der Waals surface area contributed by atoms with Crippen LogP contribution in [0.25, 0.3) is 22.3 Å². The molecule has 0 radical (unpaired) electrons. The standard InChI is InChI=1S/C32H31ClF3N5O3/c1-31(2,3)30(43)37-15-18-8-11-25(33)24(12-18)29(42)38-21-9-10-23-26(14-21)39-27(40-28(23)41-16-22(17-41)44-4)19-6-5-7-20(13-19)32(34,35)36/h5-14,22H,15-17H2,1-4H3,(H,37,43)(H,38,42). The molecule has 1 aliphatic rings. The molecule has 0 saturated carbocycles. The van der Waals surface area contributed by atoms with E-state index in [1.54, 1.807) is 43.5 Å². The third kappa shape index (κ3) is 6.79. The van der Waals surface area contributed by atoms with E-state index in [9.17, 15) is 22.8 Å². The fraction of sp³-hybridized carbons (Fsp3) is 0.312. The van der Waals surface area contributed by atoms with Crippen molar-refractivity contribution in [1.82, 2.24) is 15.3 Å². The molecule has 0 atom stereocenters. The molecule has 1 saturated heterocycles. The number of methoxy groups -OCH3 is 1. The lowest BCUT2D eigenvalue weighted by Crippen LogP contribution is -2.52. The highest BCUT2D eigenvalue weighted by Crippen LogP contribution is 2.35. The summed E-state index contributed by atoms with van der Waals surface area (Å²) in [6.45, 7) is 6.78. The molecule has 2 heterocycles. The zero-order valence-corrected chi connectivity index (χ0v) is 25.3. The van der Waals surface area contributed by atoms with Crippen molar-refractivity contribution in [2.75, 3.05) is 30.4 Å². The average Bonchev–Trinajstić information content (AvgIpc) is 2.94. The first-order valence-electron chi connectivity index (χ1n) is 13.9. The Labute approximate surface area is 257 Å². The van der Waals surface area contributed by atoms with Crippen molar-refractivity contribution in [3.63, 3.8) is 0 Å². The molecule has 0 unspecified atom stereocenters. The molecule has 2 N–H and O–H groups in total. The van der Waals surface area contributed by atoms with Crippen molar-refractivity contribution in [1.29, 1.82) is 0 Å². The summed E-state index contributed by atoms with van der Waals surface area (Å²) in [6, 6.07) is 14.9. The molecule has 230 valence electrons. The number of anilines is 2. The van der Waals surface area contributed by atoms with Crippen LogP contribution in [0.4, 0.5) is 24.7 Å². The lowest BCUT2D eigenvalue weighted by Gasteiger charge is -2.39. The van der Waals surface area contributed by atoms with Crippen molar-refractivity contribution < 1.29 is 27.5 Å². The summed E-state index contributed by atoms with van der Waals surface area (Å²) in [6.07, 6.45) is -4.51. The minimum Gasteiger partial charge on any atom is -0.378 e. The molecule has 0 spiro atoms. The number of nitrogens with one attached hydrogen (secondary N) is 2. The van der Waals surface area contributed by atoms with E-state index in [-0.39, 0.29) is 40.5 Å². The maximum absolute atomic E-state index is 13.5. The minimum atomic E-state index is -4.52. The summed E-state index contributed by atoms with van der Waals surface area (Å²) < 4.78 is 45.7. The number of alkyl halides is 3. The molecule has 0 aliphatic carbocycles. The van der Waals surface area contributed by atoms with E-state index >= 15 is 0 Å². The number of carbonyl (C=O) groups is 2. The summed E-state index contributed by atoms with van der Waals surface area (Å²) in [4.78, 5) is 36.8. The van der Waals surface area contributed by atoms with E-state index in [1.165, 1.54) is 12.1 Å². The summed E-state index contributed by atoms with van der Waals surface area (Å²) in [5.74, 6) is 0.0745. The Morgan fingerprint density at radius 2 is 1.77 bits per heavy atom. The van der Waals surface area contributed by atoms with Crippen LogP contribution >= 0.6 is 11.6 Å². The number of aromatic nitrogens is 2. The van der Waals surface area contributed by atoms with Gasteiger partial charge < -0.3 is 20.3 Å². The highest BCUT2D eigenvalue weighted by atomic mass is 35.5. The minimum absolute atomic E-state index is 0.0119. The van der Waals surface area contributed by atoms with Gasteiger partial charge in [0, 0.05) is 48.8 Å². The zero-order valence-electron chi connectivity index (χ0n) is 24.6. The first-order chi connectivity index (χ1) is 20.7. The summed E-state index contributed by atoms with van der Waals surface area (Å²) in [5.41, 5.74) is 0.601. The van der Waals surface area contributed by atoms with Gasteiger partial charge in [0.05, 0.1) is 27.8 Å². The maximum atomic E-state index is 13.5. The van der Waals surface area contributed by atoms with Crippen LogP contribution in [0.5, 0.6) is 0 Å². The largest absolute Gasteiger partial charge is 0.416 e. The first-order valence-corrected chi connectivity index (χ1v) is 14.3. The van der Waals surface area contributed by atoms with Gasteiger partial charge >= 0.3 is 6.18 Å². The summed E-state index contributed by atoms with van der Waals surface area (Å²) in [5, 5.41) is 6.59. The predicted molar refractivity (Wildman–Crippen MR) is 164 cm³/mol. The second-order valence-electron chi connectivity index (χ2n) is 11.6. The molecule has 1 aliphatic heterocycles. The van der Waals surface area contributed by atoms with Crippen LogP contribution in [0.1, 0.15) is 42.3 Å². The van der Waals surface area contributed by atoms with Crippen molar-refractivity contribution in [3.05, 3.63) is 82.4 Å². The second-order valence-corrected chi connectivity index (χ2v) is 12.1. The quantitative estimate of drug-likeness (QED) is 0.237. The van der Waals surface area contributed by atoms with E-state index < -0.39 is 23.1 Å². The van der Waals surface area contributed by atoms with Crippen LogP contribution in [-0.4, -0.2) is 48.1 Å². The summed E-state index contributed by atoms with van der Waals surface area (Å²) >= 11 is 6.36. The smallest absolute Gasteiger partial charge is 0.378 e. The molecule has 4 aromatic rings. The number of hydrogen-bond acceptors (Lipinski definition) is 6. The normalized spacial score (nSPS) is 14.0. The van der Waals surface area contributed by atoms with E-state index in [1.807, 2.05) is 25.7 Å².